The number of aromatic nitrogens is 3. The van der Waals surface area contributed by atoms with E-state index >= 15 is 0 Å². The van der Waals surface area contributed by atoms with Crippen LogP contribution in [0.15, 0.2) is 66.9 Å². The quantitative estimate of drug-likeness (QED) is 0.381. The molecule has 34 heavy (non-hydrogen) atoms. The summed E-state index contributed by atoms with van der Waals surface area (Å²) in [6.07, 6.45) is 1.63. The summed E-state index contributed by atoms with van der Waals surface area (Å²) in [6.45, 7) is 4.81. The highest BCUT2D eigenvalue weighted by atomic mass is 16.5. The highest BCUT2D eigenvalue weighted by Gasteiger charge is 2.11. The SMILES string of the molecule is Nc1ccc(Oc2ccnc(Nc3cccc(OCCN4CCOCC4)n3)n2)c2ccccc12. The highest BCUT2D eigenvalue weighted by molar-refractivity contribution is 5.97. The van der Waals surface area contributed by atoms with Crippen molar-refractivity contribution in [2.45, 2.75) is 0 Å². The number of morpholine rings is 1. The standard InChI is InChI=1S/C25H26N6O3/c26-20-8-9-21(19-5-2-1-4-18(19)20)34-24-10-11-27-25(30-24)29-22-6-3-7-23(28-22)33-17-14-31-12-15-32-16-13-31/h1-11H,12-17,26H2,(H,27,28,29,30). The molecular formula is C25H26N6O3. The third-order valence-electron chi connectivity index (χ3n) is 5.49. The van der Waals surface area contributed by atoms with Gasteiger partial charge in [0.05, 0.1) is 13.2 Å². The van der Waals surface area contributed by atoms with Crippen LogP contribution in [0.2, 0.25) is 0 Å². The molecule has 1 aliphatic heterocycles. The van der Waals surface area contributed by atoms with Crippen molar-refractivity contribution in [2.75, 3.05) is 50.5 Å². The fraction of sp³-hybridized carbons (Fsp3) is 0.240. The summed E-state index contributed by atoms with van der Waals surface area (Å²) < 4.78 is 17.3. The third-order valence-corrected chi connectivity index (χ3v) is 5.49. The molecule has 1 saturated heterocycles. The monoisotopic (exact) mass is 458 g/mol. The summed E-state index contributed by atoms with van der Waals surface area (Å²) in [6, 6.07) is 18.7. The van der Waals surface area contributed by atoms with Gasteiger partial charge < -0.3 is 25.3 Å². The van der Waals surface area contributed by atoms with Gasteiger partial charge in [-0.15, -0.1) is 0 Å². The topological polar surface area (TPSA) is 108 Å². The number of anilines is 3. The van der Waals surface area contributed by atoms with E-state index in [0.717, 1.165) is 43.6 Å². The minimum atomic E-state index is 0.371. The molecule has 2 aromatic heterocycles. The zero-order valence-corrected chi connectivity index (χ0v) is 18.7. The zero-order chi connectivity index (χ0) is 23.2. The van der Waals surface area contributed by atoms with Gasteiger partial charge in [-0.2, -0.15) is 9.97 Å². The van der Waals surface area contributed by atoms with Crippen LogP contribution in [0.4, 0.5) is 17.5 Å². The second-order valence-electron chi connectivity index (χ2n) is 7.81. The van der Waals surface area contributed by atoms with E-state index in [2.05, 4.69) is 25.2 Å². The molecule has 0 atom stereocenters. The van der Waals surface area contributed by atoms with E-state index in [1.165, 1.54) is 0 Å². The van der Waals surface area contributed by atoms with Gasteiger partial charge in [0.15, 0.2) is 0 Å². The van der Waals surface area contributed by atoms with Crippen molar-refractivity contribution < 1.29 is 14.2 Å². The Morgan fingerprint density at radius 3 is 2.65 bits per heavy atom. The maximum Gasteiger partial charge on any atom is 0.231 e. The van der Waals surface area contributed by atoms with Crippen molar-refractivity contribution in [1.29, 1.82) is 0 Å². The lowest BCUT2D eigenvalue weighted by Gasteiger charge is -2.26. The van der Waals surface area contributed by atoms with Gasteiger partial charge >= 0.3 is 0 Å². The Kier molecular flexibility index (Phi) is 6.64. The van der Waals surface area contributed by atoms with Crippen LogP contribution in [-0.4, -0.2) is 59.3 Å². The molecule has 1 aliphatic rings. The van der Waals surface area contributed by atoms with Gasteiger partial charge in [0.25, 0.3) is 0 Å². The van der Waals surface area contributed by atoms with Gasteiger partial charge in [0.1, 0.15) is 18.2 Å². The molecule has 3 heterocycles. The molecular weight excluding hydrogens is 432 g/mol. The number of nitrogens with zero attached hydrogens (tertiary/aromatic N) is 4. The number of rotatable bonds is 8. The Morgan fingerprint density at radius 1 is 0.912 bits per heavy atom. The normalized spacial score (nSPS) is 14.1. The van der Waals surface area contributed by atoms with Crippen LogP contribution in [0.3, 0.4) is 0 Å². The lowest BCUT2D eigenvalue weighted by Crippen LogP contribution is -2.38. The average molecular weight is 459 g/mol. The van der Waals surface area contributed by atoms with Crippen LogP contribution < -0.4 is 20.5 Å². The second-order valence-corrected chi connectivity index (χ2v) is 7.81. The molecule has 0 radical (unpaired) electrons. The molecule has 5 rings (SSSR count). The molecule has 9 heteroatoms. The number of pyridine rings is 1. The summed E-state index contributed by atoms with van der Waals surface area (Å²) in [4.78, 5) is 15.6. The zero-order valence-electron chi connectivity index (χ0n) is 18.7. The minimum absolute atomic E-state index is 0.371. The molecule has 2 aromatic carbocycles. The summed E-state index contributed by atoms with van der Waals surface area (Å²) in [5.74, 6) is 2.57. The van der Waals surface area contributed by atoms with Crippen LogP contribution in [0.1, 0.15) is 0 Å². The van der Waals surface area contributed by atoms with Crippen LogP contribution in [0.25, 0.3) is 10.8 Å². The van der Waals surface area contributed by atoms with Crippen molar-refractivity contribution >= 4 is 28.2 Å². The Labute approximate surface area is 197 Å². The van der Waals surface area contributed by atoms with Gasteiger partial charge in [-0.05, 0) is 18.2 Å². The van der Waals surface area contributed by atoms with Gasteiger partial charge in [-0.1, -0.05) is 30.3 Å². The predicted octanol–water partition coefficient (Wildman–Crippen LogP) is 3.85. The largest absolute Gasteiger partial charge is 0.476 e. The number of fused-ring (bicyclic) bond motifs is 1. The Hall–Kier alpha value is -3.95. The molecule has 0 bridgehead atoms. The smallest absolute Gasteiger partial charge is 0.231 e. The first-order chi connectivity index (χ1) is 16.7. The van der Waals surface area contributed by atoms with Crippen molar-refractivity contribution in [3.05, 3.63) is 66.9 Å². The number of hydrogen-bond acceptors (Lipinski definition) is 9. The molecule has 0 spiro atoms. The summed E-state index contributed by atoms with van der Waals surface area (Å²) >= 11 is 0. The molecule has 174 valence electrons. The van der Waals surface area contributed by atoms with Gasteiger partial charge in [-0.3, -0.25) is 4.90 Å². The van der Waals surface area contributed by atoms with Gasteiger partial charge in [-0.25, -0.2) is 4.98 Å². The van der Waals surface area contributed by atoms with Crippen LogP contribution >= 0.6 is 0 Å². The first kappa shape index (κ1) is 21.9. The maximum atomic E-state index is 6.09. The summed E-state index contributed by atoms with van der Waals surface area (Å²) in [7, 11) is 0. The molecule has 1 fully saturated rings. The van der Waals surface area contributed by atoms with Crippen molar-refractivity contribution in [3.8, 4) is 17.5 Å². The molecule has 0 saturated carbocycles. The molecule has 0 amide bonds. The third kappa shape index (κ3) is 5.33. The van der Waals surface area contributed by atoms with Crippen molar-refractivity contribution in [2.24, 2.45) is 0 Å². The fourth-order valence-corrected chi connectivity index (χ4v) is 3.74. The fourth-order valence-electron chi connectivity index (χ4n) is 3.74. The van der Waals surface area contributed by atoms with Crippen LogP contribution in [0.5, 0.6) is 17.5 Å². The van der Waals surface area contributed by atoms with E-state index in [1.54, 1.807) is 12.3 Å². The number of nitrogens with two attached hydrogens (primary N) is 1. The van der Waals surface area contributed by atoms with E-state index in [9.17, 15) is 0 Å². The molecule has 9 nitrogen and oxygen atoms in total. The van der Waals surface area contributed by atoms with Gasteiger partial charge in [0, 0.05) is 54.4 Å². The summed E-state index contributed by atoms with van der Waals surface area (Å²) in [5.41, 5.74) is 6.79. The average Bonchev–Trinajstić information content (AvgIpc) is 2.87. The van der Waals surface area contributed by atoms with E-state index in [4.69, 9.17) is 19.9 Å². The maximum absolute atomic E-state index is 6.09. The van der Waals surface area contributed by atoms with Crippen molar-refractivity contribution in [3.63, 3.8) is 0 Å². The molecule has 0 aliphatic carbocycles. The number of ether oxygens (including phenoxy) is 3. The lowest BCUT2D eigenvalue weighted by molar-refractivity contribution is 0.0320. The van der Waals surface area contributed by atoms with Gasteiger partial charge in [0.2, 0.25) is 17.7 Å². The Bertz CT molecular complexity index is 1260. The van der Waals surface area contributed by atoms with Crippen LogP contribution in [-0.2, 0) is 4.74 Å². The van der Waals surface area contributed by atoms with E-state index in [1.807, 2.05) is 54.6 Å². The van der Waals surface area contributed by atoms with Crippen LogP contribution in [0, 0.1) is 0 Å². The van der Waals surface area contributed by atoms with Crippen molar-refractivity contribution in [1.82, 2.24) is 19.9 Å². The van der Waals surface area contributed by atoms with E-state index in [0.29, 0.717) is 41.6 Å². The van der Waals surface area contributed by atoms with E-state index in [-0.39, 0.29) is 0 Å². The minimum Gasteiger partial charge on any atom is -0.476 e. The lowest BCUT2D eigenvalue weighted by atomic mass is 10.1. The number of benzene rings is 2. The Morgan fingerprint density at radius 2 is 1.76 bits per heavy atom. The summed E-state index contributed by atoms with van der Waals surface area (Å²) in [5, 5.41) is 4.96. The van der Waals surface area contributed by atoms with E-state index < -0.39 is 0 Å². The number of nitrogens with one attached hydrogen (secondary N) is 1. The predicted molar refractivity (Wildman–Crippen MR) is 131 cm³/mol. The first-order valence-electron chi connectivity index (χ1n) is 11.2. The molecule has 0 unspecified atom stereocenters. The number of nitrogen functional groups attached to an aromatic ring is 1. The second kappa shape index (κ2) is 10.3. The Balaban J connectivity index is 1.24. The highest BCUT2D eigenvalue weighted by Crippen LogP contribution is 2.32. The molecule has 4 aromatic rings. The number of hydrogen-bond donors (Lipinski definition) is 2. The first-order valence-corrected chi connectivity index (χ1v) is 11.2. The molecule has 3 N–H and O–H groups in total.